The fourth-order valence-electron chi connectivity index (χ4n) is 1.55. The SMILES string of the molecule is Cc1c(NCCNC(=O)C=CC(F)(F)F)cc[n+](O)c1C. The summed E-state index contributed by atoms with van der Waals surface area (Å²) in [5.74, 6) is -0.803. The highest BCUT2D eigenvalue weighted by atomic mass is 19.4. The van der Waals surface area contributed by atoms with Crippen molar-refractivity contribution in [2.45, 2.75) is 20.0 Å². The Morgan fingerprint density at radius 2 is 2.05 bits per heavy atom. The molecule has 1 amide bonds. The molecule has 0 aliphatic heterocycles. The number of aromatic nitrogens is 1. The lowest BCUT2D eigenvalue weighted by Gasteiger charge is -2.09. The highest BCUT2D eigenvalue weighted by Gasteiger charge is 2.22. The smallest absolute Gasteiger partial charge is 0.383 e. The van der Waals surface area contributed by atoms with E-state index in [2.05, 4.69) is 10.6 Å². The summed E-state index contributed by atoms with van der Waals surface area (Å²) < 4.78 is 36.5. The van der Waals surface area contributed by atoms with Crippen LogP contribution in [-0.2, 0) is 4.79 Å². The van der Waals surface area contributed by atoms with Gasteiger partial charge in [0.15, 0.2) is 0 Å². The van der Waals surface area contributed by atoms with E-state index in [4.69, 9.17) is 0 Å². The first-order valence-electron chi connectivity index (χ1n) is 6.19. The third-order valence-corrected chi connectivity index (χ3v) is 2.84. The molecule has 5 nitrogen and oxygen atoms in total. The van der Waals surface area contributed by atoms with Gasteiger partial charge in [-0.3, -0.25) is 10.0 Å². The van der Waals surface area contributed by atoms with Crippen LogP contribution in [0.3, 0.4) is 0 Å². The topological polar surface area (TPSA) is 65.2 Å². The minimum atomic E-state index is -4.49. The van der Waals surface area contributed by atoms with Crippen LogP contribution in [0.5, 0.6) is 0 Å². The molecular weight excluding hydrogens is 287 g/mol. The van der Waals surface area contributed by atoms with Crippen molar-refractivity contribution < 1.29 is 27.9 Å². The van der Waals surface area contributed by atoms with E-state index < -0.39 is 12.1 Å². The molecule has 1 heterocycles. The van der Waals surface area contributed by atoms with Gasteiger partial charge in [-0.1, -0.05) is 0 Å². The van der Waals surface area contributed by atoms with E-state index in [1.807, 2.05) is 6.92 Å². The summed E-state index contributed by atoms with van der Waals surface area (Å²) in [7, 11) is 0. The van der Waals surface area contributed by atoms with E-state index in [1.165, 1.54) is 6.20 Å². The van der Waals surface area contributed by atoms with Crippen molar-refractivity contribution >= 4 is 11.6 Å². The normalized spacial score (nSPS) is 11.7. The molecule has 0 unspecified atom stereocenters. The Kier molecular flexibility index (Phi) is 5.57. The zero-order chi connectivity index (χ0) is 16.0. The quantitative estimate of drug-likeness (QED) is 0.334. The second kappa shape index (κ2) is 6.96. The van der Waals surface area contributed by atoms with Crippen LogP contribution in [0.1, 0.15) is 11.3 Å². The van der Waals surface area contributed by atoms with E-state index in [-0.39, 0.29) is 12.6 Å². The summed E-state index contributed by atoms with van der Waals surface area (Å²) in [6, 6.07) is 1.66. The number of alkyl halides is 3. The fraction of sp³-hybridized carbons (Fsp3) is 0.385. The Morgan fingerprint density at radius 3 is 2.67 bits per heavy atom. The molecule has 1 aromatic rings. The van der Waals surface area contributed by atoms with Crippen molar-refractivity contribution in [3.05, 3.63) is 35.7 Å². The maximum Gasteiger partial charge on any atom is 0.409 e. The molecule has 0 atom stereocenters. The largest absolute Gasteiger partial charge is 0.409 e. The lowest BCUT2D eigenvalue weighted by molar-refractivity contribution is -0.909. The van der Waals surface area contributed by atoms with Gasteiger partial charge in [0.25, 0.3) is 0 Å². The number of allylic oxidation sites excluding steroid dienone is 1. The van der Waals surface area contributed by atoms with Crippen LogP contribution < -0.4 is 15.4 Å². The molecule has 21 heavy (non-hydrogen) atoms. The number of nitrogens with zero attached hydrogens (tertiary/aromatic N) is 1. The number of carbonyl (C=O) groups is 1. The standard InChI is InChI=1S/C13H16F3N3O2/c1-9-10(2)19(21)8-4-11(9)17-6-7-18-12(20)3-5-13(14,15)16/h3-5,8,21H,6-7H2,1-2H3,(H,18,20)/p+1. The summed E-state index contributed by atoms with van der Waals surface area (Å²) in [6.07, 6.45) is -2.68. The molecule has 3 N–H and O–H groups in total. The van der Waals surface area contributed by atoms with Crippen molar-refractivity contribution in [1.82, 2.24) is 5.32 Å². The molecule has 0 radical (unpaired) electrons. The van der Waals surface area contributed by atoms with Crippen molar-refractivity contribution in [2.75, 3.05) is 18.4 Å². The monoisotopic (exact) mass is 304 g/mol. The maximum atomic E-state index is 11.8. The van der Waals surface area contributed by atoms with Crippen LogP contribution in [0, 0.1) is 13.8 Å². The van der Waals surface area contributed by atoms with Gasteiger partial charge >= 0.3 is 6.18 Å². The zero-order valence-electron chi connectivity index (χ0n) is 11.7. The molecule has 0 saturated heterocycles. The summed E-state index contributed by atoms with van der Waals surface area (Å²) in [6.45, 7) is 4.08. The van der Waals surface area contributed by atoms with Crippen molar-refractivity contribution in [1.29, 1.82) is 0 Å². The van der Waals surface area contributed by atoms with Crippen LogP contribution in [0.2, 0.25) is 0 Å². The zero-order valence-corrected chi connectivity index (χ0v) is 11.7. The van der Waals surface area contributed by atoms with Crippen LogP contribution in [0.15, 0.2) is 24.4 Å². The number of halogens is 3. The Morgan fingerprint density at radius 1 is 1.38 bits per heavy atom. The second-order valence-electron chi connectivity index (χ2n) is 4.38. The van der Waals surface area contributed by atoms with Gasteiger partial charge in [0.05, 0.1) is 0 Å². The second-order valence-corrected chi connectivity index (χ2v) is 4.38. The van der Waals surface area contributed by atoms with Crippen molar-refractivity contribution in [3.63, 3.8) is 0 Å². The summed E-state index contributed by atoms with van der Waals surface area (Å²) in [5, 5.41) is 14.8. The van der Waals surface area contributed by atoms with E-state index in [0.717, 1.165) is 16.0 Å². The van der Waals surface area contributed by atoms with Gasteiger partial charge in [0, 0.05) is 54.2 Å². The van der Waals surface area contributed by atoms with E-state index in [1.54, 1.807) is 13.0 Å². The van der Waals surface area contributed by atoms with Gasteiger partial charge in [0.2, 0.25) is 17.8 Å². The molecule has 116 valence electrons. The Balaban J connectivity index is 2.40. The van der Waals surface area contributed by atoms with Gasteiger partial charge in [-0.25, -0.2) is 0 Å². The number of rotatable bonds is 5. The number of hydrogen-bond acceptors (Lipinski definition) is 3. The third-order valence-electron chi connectivity index (χ3n) is 2.84. The summed E-state index contributed by atoms with van der Waals surface area (Å²) in [5.41, 5.74) is 2.28. The summed E-state index contributed by atoms with van der Waals surface area (Å²) in [4.78, 5) is 11.1. The van der Waals surface area contributed by atoms with E-state index >= 15 is 0 Å². The molecule has 0 aliphatic rings. The molecule has 0 aliphatic carbocycles. The number of carbonyl (C=O) groups excluding carboxylic acids is 1. The number of hydrogen-bond donors (Lipinski definition) is 3. The first-order chi connectivity index (χ1) is 9.70. The Hall–Kier alpha value is -2.25. The van der Waals surface area contributed by atoms with E-state index in [9.17, 15) is 23.2 Å². The van der Waals surface area contributed by atoms with Crippen LogP contribution in [0.4, 0.5) is 18.9 Å². The van der Waals surface area contributed by atoms with E-state index in [0.29, 0.717) is 18.3 Å². The molecule has 0 saturated carbocycles. The molecule has 0 aromatic carbocycles. The average Bonchev–Trinajstić information content (AvgIpc) is 2.40. The predicted octanol–water partition coefficient (Wildman–Crippen LogP) is 1.47. The first-order valence-corrected chi connectivity index (χ1v) is 6.19. The highest BCUT2D eigenvalue weighted by molar-refractivity contribution is 5.87. The molecule has 1 aromatic heterocycles. The molecule has 8 heteroatoms. The van der Waals surface area contributed by atoms with Gasteiger partial charge in [0.1, 0.15) is 0 Å². The highest BCUT2D eigenvalue weighted by Crippen LogP contribution is 2.15. The Bertz CT molecular complexity index is 542. The number of amides is 1. The van der Waals surface area contributed by atoms with Gasteiger partial charge in [-0.15, -0.1) is 0 Å². The van der Waals surface area contributed by atoms with Gasteiger partial charge < -0.3 is 10.6 Å². The first kappa shape index (κ1) is 16.8. The fourth-order valence-corrected chi connectivity index (χ4v) is 1.55. The molecule has 0 spiro atoms. The van der Waals surface area contributed by atoms with Crippen LogP contribution in [-0.4, -0.2) is 30.4 Å². The average molecular weight is 304 g/mol. The number of pyridine rings is 1. The van der Waals surface area contributed by atoms with Crippen molar-refractivity contribution in [3.8, 4) is 0 Å². The lowest BCUT2D eigenvalue weighted by atomic mass is 10.2. The van der Waals surface area contributed by atoms with Gasteiger partial charge in [-0.2, -0.15) is 13.2 Å². The molecular formula is C13H17F3N3O2+. The molecule has 0 fully saturated rings. The van der Waals surface area contributed by atoms with Crippen LogP contribution >= 0.6 is 0 Å². The maximum absolute atomic E-state index is 11.8. The number of nitrogens with one attached hydrogen (secondary N) is 2. The minimum Gasteiger partial charge on any atom is -0.383 e. The number of anilines is 1. The van der Waals surface area contributed by atoms with Gasteiger partial charge in [-0.05, 0) is 6.92 Å². The molecule has 0 bridgehead atoms. The van der Waals surface area contributed by atoms with Crippen LogP contribution in [0.25, 0.3) is 0 Å². The minimum absolute atomic E-state index is 0.111. The van der Waals surface area contributed by atoms with Crippen molar-refractivity contribution in [2.24, 2.45) is 0 Å². The Labute approximate surface area is 120 Å². The molecule has 1 rings (SSSR count). The summed E-state index contributed by atoms with van der Waals surface area (Å²) >= 11 is 0. The lowest BCUT2D eigenvalue weighted by Crippen LogP contribution is -2.34. The third kappa shape index (κ3) is 5.72. The predicted molar refractivity (Wildman–Crippen MR) is 70.0 cm³/mol.